The van der Waals surface area contributed by atoms with Crippen LogP contribution in [0, 0.1) is 11.8 Å². The fraction of sp³-hybridized carbons (Fsp3) is 0.760. The summed E-state index contributed by atoms with van der Waals surface area (Å²) in [6.45, 7) is 11.6. The van der Waals surface area contributed by atoms with Gasteiger partial charge in [0, 0.05) is 50.2 Å². The van der Waals surface area contributed by atoms with Crippen LogP contribution in [0.1, 0.15) is 64.0 Å². The van der Waals surface area contributed by atoms with Gasteiger partial charge in [-0.2, -0.15) is 0 Å². The van der Waals surface area contributed by atoms with Crippen LogP contribution in [-0.2, 0) is 27.7 Å². The van der Waals surface area contributed by atoms with E-state index in [2.05, 4.69) is 44.9 Å². The van der Waals surface area contributed by atoms with Gasteiger partial charge in [-0.25, -0.2) is 13.2 Å². The van der Waals surface area contributed by atoms with Crippen molar-refractivity contribution in [3.05, 3.63) is 35.4 Å². The van der Waals surface area contributed by atoms with Gasteiger partial charge in [0.1, 0.15) is 0 Å². The van der Waals surface area contributed by atoms with Crippen LogP contribution < -0.4 is 9.44 Å². The normalized spacial score (nSPS) is 26.8. The Balaban J connectivity index is 1.39. The highest BCUT2D eigenvalue weighted by atomic mass is 32.2. The lowest BCUT2D eigenvalue weighted by Crippen LogP contribution is -2.36. The van der Waals surface area contributed by atoms with Gasteiger partial charge in [0.25, 0.3) is 0 Å². The summed E-state index contributed by atoms with van der Waals surface area (Å²) in [5.41, 5.74) is 1.62. The molecule has 0 aromatic heterocycles. The third-order valence-corrected chi connectivity index (χ3v) is 9.28. The number of hydrogen-bond acceptors (Lipinski definition) is 6. The molecule has 188 valence electrons. The standard InChI is InChI=1S/C25H43N3O3S2/c1-20(2)33(30)27-19-21(3)23-9-12-25(29,13-10-23)24-7-5-22(6-8-24)11-14-26-32-28-15-4-17-31-18-16-28/h5-8,20-21,23,26-27,29H,4,9-19H2,1-3H3. The van der Waals surface area contributed by atoms with Gasteiger partial charge < -0.3 is 9.84 Å². The molecule has 0 radical (unpaired) electrons. The number of ether oxygens (including phenoxy) is 1. The molecule has 1 saturated carbocycles. The first-order valence-electron chi connectivity index (χ1n) is 12.6. The fourth-order valence-electron chi connectivity index (χ4n) is 4.65. The van der Waals surface area contributed by atoms with E-state index in [-0.39, 0.29) is 5.25 Å². The average Bonchev–Trinajstić information content (AvgIpc) is 3.09. The molecule has 0 amide bonds. The van der Waals surface area contributed by atoms with Crippen LogP contribution in [0.25, 0.3) is 0 Å². The van der Waals surface area contributed by atoms with Crippen molar-refractivity contribution in [3.63, 3.8) is 0 Å². The van der Waals surface area contributed by atoms with Crippen molar-refractivity contribution in [1.82, 2.24) is 13.7 Å². The van der Waals surface area contributed by atoms with E-state index in [9.17, 15) is 9.32 Å². The summed E-state index contributed by atoms with van der Waals surface area (Å²) in [6.07, 6.45) is 5.68. The summed E-state index contributed by atoms with van der Waals surface area (Å²) in [5, 5.41) is 11.4. The smallest absolute Gasteiger partial charge is 0.0941 e. The maximum atomic E-state index is 12.0. The van der Waals surface area contributed by atoms with Crippen LogP contribution in [0.4, 0.5) is 0 Å². The minimum Gasteiger partial charge on any atom is -0.385 e. The average molecular weight is 498 g/mol. The first kappa shape index (κ1) is 27.1. The first-order chi connectivity index (χ1) is 15.9. The lowest BCUT2D eigenvalue weighted by Gasteiger charge is -2.38. The molecule has 3 rings (SSSR count). The van der Waals surface area contributed by atoms with Crippen LogP contribution in [0.2, 0.25) is 0 Å². The van der Waals surface area contributed by atoms with Gasteiger partial charge >= 0.3 is 0 Å². The van der Waals surface area contributed by atoms with E-state index in [0.29, 0.717) is 11.8 Å². The molecule has 2 fully saturated rings. The predicted octanol–water partition coefficient (Wildman–Crippen LogP) is 3.78. The molecular weight excluding hydrogens is 454 g/mol. The third kappa shape index (κ3) is 8.60. The van der Waals surface area contributed by atoms with Crippen molar-refractivity contribution in [2.45, 2.75) is 70.1 Å². The second-order valence-electron chi connectivity index (χ2n) is 9.87. The fourth-order valence-corrected chi connectivity index (χ4v) is 6.17. The summed E-state index contributed by atoms with van der Waals surface area (Å²) in [7, 11) is -0.962. The van der Waals surface area contributed by atoms with E-state index in [4.69, 9.17) is 4.74 Å². The molecule has 1 saturated heterocycles. The van der Waals surface area contributed by atoms with Gasteiger partial charge in [0.15, 0.2) is 0 Å². The highest BCUT2D eigenvalue weighted by Crippen LogP contribution is 2.41. The monoisotopic (exact) mass is 497 g/mol. The second kappa shape index (κ2) is 13.6. The number of aliphatic hydroxyl groups is 1. The predicted molar refractivity (Wildman–Crippen MR) is 139 cm³/mol. The van der Waals surface area contributed by atoms with E-state index in [1.807, 2.05) is 13.8 Å². The molecule has 2 unspecified atom stereocenters. The van der Waals surface area contributed by atoms with Gasteiger partial charge in [-0.15, -0.1) is 0 Å². The van der Waals surface area contributed by atoms with Gasteiger partial charge in [-0.05, 0) is 75.3 Å². The Morgan fingerprint density at radius 2 is 1.91 bits per heavy atom. The molecule has 3 N–H and O–H groups in total. The largest absolute Gasteiger partial charge is 0.385 e. The zero-order valence-electron chi connectivity index (χ0n) is 20.6. The van der Waals surface area contributed by atoms with E-state index < -0.39 is 16.6 Å². The molecular formula is C25H43N3O3S2. The lowest BCUT2D eigenvalue weighted by atomic mass is 9.71. The number of hydrogen-bond donors (Lipinski definition) is 3. The molecule has 6 nitrogen and oxygen atoms in total. The molecule has 1 aliphatic heterocycles. The van der Waals surface area contributed by atoms with Crippen LogP contribution in [-0.4, -0.2) is 58.3 Å². The molecule has 8 heteroatoms. The van der Waals surface area contributed by atoms with Crippen molar-refractivity contribution in [2.24, 2.45) is 11.8 Å². The number of benzene rings is 1. The van der Waals surface area contributed by atoms with Crippen molar-refractivity contribution in [1.29, 1.82) is 0 Å². The van der Waals surface area contributed by atoms with Gasteiger partial charge in [-0.3, -0.25) is 4.72 Å². The van der Waals surface area contributed by atoms with E-state index >= 15 is 0 Å². The SMILES string of the molecule is CC(CNS(=O)C(C)C)C1CCC(O)(c2ccc(CCNSN3CCCOCC3)cc2)CC1. The zero-order valence-corrected chi connectivity index (χ0v) is 22.2. The maximum absolute atomic E-state index is 12.0. The molecule has 2 aliphatic rings. The Kier molecular flexibility index (Phi) is 11.1. The maximum Gasteiger partial charge on any atom is 0.0941 e. The molecule has 0 bridgehead atoms. The Hall–Kier alpha value is -0.480. The Labute approximate surface area is 207 Å². The van der Waals surface area contributed by atoms with Crippen LogP contribution >= 0.6 is 12.1 Å². The quantitative estimate of drug-likeness (QED) is 0.319. The van der Waals surface area contributed by atoms with Crippen LogP contribution in [0.15, 0.2) is 24.3 Å². The van der Waals surface area contributed by atoms with Crippen molar-refractivity contribution in [2.75, 3.05) is 39.4 Å². The molecule has 1 aromatic rings. The lowest BCUT2D eigenvalue weighted by molar-refractivity contribution is -0.0207. The summed E-state index contributed by atoms with van der Waals surface area (Å²) >= 11 is 1.71. The minimum atomic E-state index is -0.962. The first-order valence-corrected chi connectivity index (χ1v) is 14.5. The van der Waals surface area contributed by atoms with E-state index in [1.165, 1.54) is 5.56 Å². The van der Waals surface area contributed by atoms with E-state index in [0.717, 1.165) is 83.5 Å². The number of nitrogens with one attached hydrogen (secondary N) is 2. The molecule has 2 atom stereocenters. The second-order valence-corrected chi connectivity index (χ2v) is 12.7. The molecule has 1 aromatic carbocycles. The molecule has 1 heterocycles. The van der Waals surface area contributed by atoms with Gasteiger partial charge in [0.05, 0.1) is 23.2 Å². The summed E-state index contributed by atoms with van der Waals surface area (Å²) in [5.74, 6) is 1.03. The van der Waals surface area contributed by atoms with Gasteiger partial charge in [0.2, 0.25) is 0 Å². The van der Waals surface area contributed by atoms with Gasteiger partial charge in [-0.1, -0.05) is 31.2 Å². The molecule has 1 aliphatic carbocycles. The number of nitrogens with zero attached hydrogens (tertiary/aromatic N) is 1. The summed E-state index contributed by atoms with van der Waals surface area (Å²) in [4.78, 5) is 0. The van der Waals surface area contributed by atoms with Crippen molar-refractivity contribution < 1.29 is 14.1 Å². The Bertz CT molecular complexity index is 716. The van der Waals surface area contributed by atoms with E-state index in [1.54, 1.807) is 12.1 Å². The highest BCUT2D eigenvalue weighted by Gasteiger charge is 2.36. The number of rotatable bonds is 11. The van der Waals surface area contributed by atoms with Crippen molar-refractivity contribution >= 4 is 23.1 Å². The van der Waals surface area contributed by atoms with Crippen LogP contribution in [0.3, 0.4) is 0 Å². The third-order valence-electron chi connectivity index (χ3n) is 7.02. The minimum absolute atomic E-state index is 0.139. The summed E-state index contributed by atoms with van der Waals surface area (Å²) < 4.78 is 26.4. The zero-order chi connectivity index (χ0) is 23.7. The topological polar surface area (TPSA) is 73.8 Å². The summed E-state index contributed by atoms with van der Waals surface area (Å²) in [6, 6.07) is 8.57. The molecule has 0 spiro atoms. The van der Waals surface area contributed by atoms with Crippen LogP contribution in [0.5, 0.6) is 0 Å². The highest BCUT2D eigenvalue weighted by molar-refractivity contribution is 7.95. The molecule has 33 heavy (non-hydrogen) atoms. The van der Waals surface area contributed by atoms with Crippen molar-refractivity contribution in [3.8, 4) is 0 Å². The Morgan fingerprint density at radius 3 is 2.61 bits per heavy atom. The Morgan fingerprint density at radius 1 is 1.18 bits per heavy atom.